The zero-order chi connectivity index (χ0) is 7.72. The average molecular weight is 144 g/mol. The van der Waals surface area contributed by atoms with Gasteiger partial charge in [-0.25, -0.2) is 0 Å². The van der Waals surface area contributed by atoms with E-state index in [1.54, 1.807) is 11.9 Å². The molecule has 1 rings (SSSR count). The van der Waals surface area contributed by atoms with Crippen LogP contribution >= 0.6 is 0 Å². The second-order valence-corrected chi connectivity index (χ2v) is 2.72. The van der Waals surface area contributed by atoms with E-state index in [1.165, 1.54) is 0 Å². The molecule has 1 aliphatic rings. The summed E-state index contributed by atoms with van der Waals surface area (Å²) in [6.07, 6.45) is 0.785. The number of nitrogens with two attached hydrogens (primary N) is 1. The smallest absolute Gasteiger partial charge is 0.322 e. The lowest BCUT2D eigenvalue weighted by Gasteiger charge is -2.16. The van der Waals surface area contributed by atoms with Crippen LogP contribution in [0, 0.1) is 0 Å². The maximum atomic E-state index is 10.5. The minimum atomic E-state index is -0.812. The SMILES string of the molecule is CN1CCC(N)[C@H]1C(=O)O. The van der Waals surface area contributed by atoms with Crippen LogP contribution in [-0.2, 0) is 4.79 Å². The molecule has 0 amide bonds. The van der Waals surface area contributed by atoms with Crippen LogP contribution in [0.25, 0.3) is 0 Å². The molecule has 0 radical (unpaired) electrons. The van der Waals surface area contributed by atoms with Gasteiger partial charge in [0.2, 0.25) is 0 Å². The third kappa shape index (κ3) is 1.12. The van der Waals surface area contributed by atoms with E-state index in [0.29, 0.717) is 0 Å². The minimum Gasteiger partial charge on any atom is -0.480 e. The van der Waals surface area contributed by atoms with Gasteiger partial charge in [0, 0.05) is 12.6 Å². The Morgan fingerprint density at radius 1 is 1.80 bits per heavy atom. The Kier molecular flexibility index (Phi) is 1.92. The molecule has 1 unspecified atom stereocenters. The first-order chi connectivity index (χ1) is 4.63. The van der Waals surface area contributed by atoms with Gasteiger partial charge in [-0.3, -0.25) is 9.69 Å². The summed E-state index contributed by atoms with van der Waals surface area (Å²) < 4.78 is 0. The molecular formula is C6H12N2O2. The largest absolute Gasteiger partial charge is 0.480 e. The van der Waals surface area contributed by atoms with E-state index in [-0.39, 0.29) is 6.04 Å². The molecule has 1 saturated heterocycles. The van der Waals surface area contributed by atoms with Crippen molar-refractivity contribution in [3.63, 3.8) is 0 Å². The molecule has 1 fully saturated rings. The van der Waals surface area contributed by atoms with Gasteiger partial charge in [0.1, 0.15) is 6.04 Å². The second-order valence-electron chi connectivity index (χ2n) is 2.72. The predicted octanol–water partition coefficient (Wildman–Crippen LogP) is -0.898. The van der Waals surface area contributed by atoms with Crippen LogP contribution in [0.3, 0.4) is 0 Å². The van der Waals surface area contributed by atoms with Crippen LogP contribution in [0.4, 0.5) is 0 Å². The van der Waals surface area contributed by atoms with Gasteiger partial charge in [0.25, 0.3) is 0 Å². The van der Waals surface area contributed by atoms with E-state index >= 15 is 0 Å². The fourth-order valence-corrected chi connectivity index (χ4v) is 1.35. The van der Waals surface area contributed by atoms with Crippen molar-refractivity contribution in [2.24, 2.45) is 5.73 Å². The highest BCUT2D eigenvalue weighted by Crippen LogP contribution is 2.13. The molecule has 0 bridgehead atoms. The number of likely N-dealkylation sites (tertiary alicyclic amines) is 1. The maximum absolute atomic E-state index is 10.5. The molecule has 0 aliphatic carbocycles. The van der Waals surface area contributed by atoms with E-state index in [9.17, 15) is 4.79 Å². The van der Waals surface area contributed by atoms with Gasteiger partial charge in [-0.05, 0) is 13.5 Å². The van der Waals surface area contributed by atoms with Gasteiger partial charge in [-0.1, -0.05) is 0 Å². The fraction of sp³-hybridized carbons (Fsp3) is 0.833. The quantitative estimate of drug-likeness (QED) is 0.500. The number of rotatable bonds is 1. The Morgan fingerprint density at radius 2 is 2.40 bits per heavy atom. The fourth-order valence-electron chi connectivity index (χ4n) is 1.35. The highest BCUT2D eigenvalue weighted by Gasteiger charge is 2.34. The van der Waals surface area contributed by atoms with Gasteiger partial charge in [0.15, 0.2) is 0 Å². The number of carboxylic acids is 1. The Balaban J connectivity index is 2.63. The van der Waals surface area contributed by atoms with E-state index in [1.807, 2.05) is 0 Å². The highest BCUT2D eigenvalue weighted by atomic mass is 16.4. The number of aliphatic carboxylic acids is 1. The number of hydrogen-bond donors (Lipinski definition) is 2. The molecule has 4 nitrogen and oxygen atoms in total. The van der Waals surface area contributed by atoms with Crippen molar-refractivity contribution < 1.29 is 9.90 Å². The predicted molar refractivity (Wildman–Crippen MR) is 36.6 cm³/mol. The van der Waals surface area contributed by atoms with Crippen LogP contribution in [0.2, 0.25) is 0 Å². The lowest BCUT2D eigenvalue weighted by atomic mass is 10.1. The van der Waals surface area contributed by atoms with Gasteiger partial charge in [-0.15, -0.1) is 0 Å². The first-order valence-corrected chi connectivity index (χ1v) is 3.31. The second kappa shape index (κ2) is 2.56. The molecule has 4 heteroatoms. The summed E-state index contributed by atoms with van der Waals surface area (Å²) >= 11 is 0. The molecule has 58 valence electrons. The third-order valence-corrected chi connectivity index (χ3v) is 1.95. The van der Waals surface area contributed by atoms with E-state index in [0.717, 1.165) is 13.0 Å². The minimum absolute atomic E-state index is 0.192. The third-order valence-electron chi connectivity index (χ3n) is 1.95. The standard InChI is InChI=1S/C6H12N2O2/c1-8-3-2-4(7)5(8)6(9)10/h4-5H,2-3,7H2,1H3,(H,9,10)/t4?,5-/m0/s1. The summed E-state index contributed by atoms with van der Waals surface area (Å²) in [5.74, 6) is -0.812. The zero-order valence-electron chi connectivity index (χ0n) is 5.95. The lowest BCUT2D eigenvalue weighted by molar-refractivity contribution is -0.142. The number of carboxylic acid groups (broad SMARTS) is 1. The highest BCUT2D eigenvalue weighted by molar-refractivity contribution is 5.74. The lowest BCUT2D eigenvalue weighted by Crippen LogP contribution is -2.43. The summed E-state index contributed by atoms with van der Waals surface area (Å²) in [5, 5.41) is 8.63. The van der Waals surface area contributed by atoms with Gasteiger partial charge in [-0.2, -0.15) is 0 Å². The van der Waals surface area contributed by atoms with Crippen molar-refractivity contribution in [1.29, 1.82) is 0 Å². The van der Waals surface area contributed by atoms with Crippen LogP contribution in [-0.4, -0.2) is 41.7 Å². The molecule has 3 N–H and O–H groups in total. The number of hydrogen-bond acceptors (Lipinski definition) is 3. The summed E-state index contributed by atoms with van der Waals surface area (Å²) in [4.78, 5) is 12.3. The Bertz CT molecular complexity index is 139. The monoisotopic (exact) mass is 144 g/mol. The molecule has 0 aromatic rings. The molecule has 1 aliphatic heterocycles. The molecule has 0 aromatic carbocycles. The van der Waals surface area contributed by atoms with Crippen molar-refractivity contribution >= 4 is 5.97 Å². The molecule has 0 aromatic heterocycles. The maximum Gasteiger partial charge on any atom is 0.322 e. The van der Waals surface area contributed by atoms with E-state index in [2.05, 4.69) is 0 Å². The molecule has 0 spiro atoms. The Labute approximate surface area is 59.6 Å². The number of nitrogens with zero attached hydrogens (tertiary/aromatic N) is 1. The number of carbonyl (C=O) groups is 1. The van der Waals surface area contributed by atoms with Gasteiger partial charge >= 0.3 is 5.97 Å². The normalized spacial score (nSPS) is 34.6. The van der Waals surface area contributed by atoms with Crippen molar-refractivity contribution in [3.05, 3.63) is 0 Å². The zero-order valence-corrected chi connectivity index (χ0v) is 5.95. The number of likely N-dealkylation sites (N-methyl/N-ethyl adjacent to an activating group) is 1. The first kappa shape index (κ1) is 7.50. The summed E-state index contributed by atoms with van der Waals surface area (Å²) in [6, 6.07) is -0.664. The summed E-state index contributed by atoms with van der Waals surface area (Å²) in [5.41, 5.74) is 5.55. The molecule has 10 heavy (non-hydrogen) atoms. The van der Waals surface area contributed by atoms with E-state index < -0.39 is 12.0 Å². The van der Waals surface area contributed by atoms with Crippen molar-refractivity contribution in [1.82, 2.24) is 4.90 Å². The van der Waals surface area contributed by atoms with Crippen molar-refractivity contribution in [3.8, 4) is 0 Å². The van der Waals surface area contributed by atoms with Crippen LogP contribution in [0.1, 0.15) is 6.42 Å². The summed E-state index contributed by atoms with van der Waals surface area (Å²) in [7, 11) is 1.78. The van der Waals surface area contributed by atoms with Crippen LogP contribution in [0.5, 0.6) is 0 Å². The first-order valence-electron chi connectivity index (χ1n) is 3.31. The Hall–Kier alpha value is -0.610. The van der Waals surface area contributed by atoms with Crippen LogP contribution < -0.4 is 5.73 Å². The Morgan fingerprint density at radius 3 is 2.60 bits per heavy atom. The molecule has 0 saturated carbocycles. The molecule has 2 atom stereocenters. The molecular weight excluding hydrogens is 132 g/mol. The molecule has 1 heterocycles. The summed E-state index contributed by atoms with van der Waals surface area (Å²) in [6.45, 7) is 0.790. The van der Waals surface area contributed by atoms with Gasteiger partial charge < -0.3 is 10.8 Å². The van der Waals surface area contributed by atoms with E-state index in [4.69, 9.17) is 10.8 Å². The van der Waals surface area contributed by atoms with Crippen LogP contribution in [0.15, 0.2) is 0 Å². The van der Waals surface area contributed by atoms with Crippen molar-refractivity contribution in [2.45, 2.75) is 18.5 Å². The topological polar surface area (TPSA) is 66.6 Å². The average Bonchev–Trinajstić information content (AvgIpc) is 2.11. The van der Waals surface area contributed by atoms with Crippen molar-refractivity contribution in [2.75, 3.05) is 13.6 Å². The van der Waals surface area contributed by atoms with Gasteiger partial charge in [0.05, 0.1) is 0 Å².